The van der Waals surface area contributed by atoms with Crippen molar-refractivity contribution in [3.63, 3.8) is 0 Å². The molecule has 4 rings (SSSR count). The van der Waals surface area contributed by atoms with Gasteiger partial charge < -0.3 is 4.90 Å². The lowest BCUT2D eigenvalue weighted by Gasteiger charge is -2.20. The molecule has 1 fully saturated rings. The second-order valence-electron chi connectivity index (χ2n) is 7.66. The first kappa shape index (κ1) is 17.7. The Kier molecular flexibility index (Phi) is 4.68. The highest BCUT2D eigenvalue weighted by Crippen LogP contribution is 2.27. The molecule has 0 aromatic carbocycles. The topological polar surface area (TPSA) is 46.3 Å². The van der Waals surface area contributed by atoms with Crippen LogP contribution in [0.15, 0.2) is 47.7 Å². The standard InChI is InChI=1S/C22H27N5/c1-15-7-5-9-20(10-6-8-15)26-12-11-19(14-26)13-21-16(2)23-22-24-18(4)25-27(22)17(21)3/h5-10,19H,11-14H2,1-4H3/b7-5?,8-6?,9-5-,10-6?,15-7?,15-8?,20-9?,20-10+. The van der Waals surface area contributed by atoms with Crippen LogP contribution in [-0.4, -0.2) is 37.6 Å². The zero-order valence-corrected chi connectivity index (χ0v) is 16.6. The third kappa shape index (κ3) is 3.59. The van der Waals surface area contributed by atoms with Gasteiger partial charge in [-0.1, -0.05) is 29.9 Å². The van der Waals surface area contributed by atoms with Crippen LogP contribution in [-0.2, 0) is 6.42 Å². The van der Waals surface area contributed by atoms with Gasteiger partial charge in [-0.05, 0) is 64.2 Å². The maximum absolute atomic E-state index is 4.68. The molecule has 0 N–H and O–H groups in total. The van der Waals surface area contributed by atoms with Gasteiger partial charge in [-0.15, -0.1) is 0 Å². The molecular weight excluding hydrogens is 334 g/mol. The fraction of sp³-hybridized carbons (Fsp3) is 0.409. The van der Waals surface area contributed by atoms with Crippen molar-refractivity contribution in [1.29, 1.82) is 0 Å². The molecule has 27 heavy (non-hydrogen) atoms. The average molecular weight is 361 g/mol. The van der Waals surface area contributed by atoms with Crippen molar-refractivity contribution in [2.75, 3.05) is 13.1 Å². The van der Waals surface area contributed by atoms with E-state index in [-0.39, 0.29) is 0 Å². The zero-order chi connectivity index (χ0) is 19.0. The van der Waals surface area contributed by atoms with E-state index in [1.54, 1.807) is 0 Å². The molecule has 0 radical (unpaired) electrons. The van der Waals surface area contributed by atoms with Crippen LogP contribution in [0.5, 0.6) is 0 Å². The van der Waals surface area contributed by atoms with E-state index in [4.69, 9.17) is 0 Å². The minimum atomic E-state index is 0.632. The summed E-state index contributed by atoms with van der Waals surface area (Å²) < 4.78 is 1.89. The van der Waals surface area contributed by atoms with Crippen molar-refractivity contribution >= 4 is 5.78 Å². The first-order valence-corrected chi connectivity index (χ1v) is 9.69. The maximum atomic E-state index is 4.68. The number of hydrogen-bond acceptors (Lipinski definition) is 4. The van der Waals surface area contributed by atoms with Gasteiger partial charge in [0.2, 0.25) is 0 Å². The van der Waals surface area contributed by atoms with Crippen molar-refractivity contribution in [1.82, 2.24) is 24.5 Å². The lowest BCUT2D eigenvalue weighted by molar-refractivity contribution is 0.413. The number of rotatable bonds is 3. The average Bonchev–Trinajstić information content (AvgIpc) is 3.21. The summed E-state index contributed by atoms with van der Waals surface area (Å²) in [5.74, 6) is 2.11. The molecule has 2 aliphatic rings. The molecule has 3 heterocycles. The predicted molar refractivity (Wildman–Crippen MR) is 108 cm³/mol. The highest BCUT2D eigenvalue weighted by molar-refractivity contribution is 5.37. The van der Waals surface area contributed by atoms with E-state index in [2.05, 4.69) is 77.2 Å². The molecule has 2 aromatic rings. The molecule has 0 bridgehead atoms. The van der Waals surface area contributed by atoms with Crippen LogP contribution in [0.2, 0.25) is 0 Å². The summed E-state index contributed by atoms with van der Waals surface area (Å²) >= 11 is 0. The Bertz CT molecular complexity index is 990. The second kappa shape index (κ2) is 7.14. The monoisotopic (exact) mass is 361 g/mol. The third-order valence-electron chi connectivity index (χ3n) is 5.55. The third-order valence-corrected chi connectivity index (χ3v) is 5.55. The molecule has 140 valence electrons. The van der Waals surface area contributed by atoms with Crippen LogP contribution in [0, 0.1) is 26.7 Å². The van der Waals surface area contributed by atoms with Gasteiger partial charge in [-0.3, -0.25) is 0 Å². The lowest BCUT2D eigenvalue weighted by atomic mass is 9.96. The van der Waals surface area contributed by atoms with Crippen molar-refractivity contribution in [3.8, 4) is 0 Å². The van der Waals surface area contributed by atoms with Gasteiger partial charge in [-0.25, -0.2) is 9.50 Å². The molecule has 0 saturated carbocycles. The highest BCUT2D eigenvalue weighted by atomic mass is 15.3. The maximum Gasteiger partial charge on any atom is 0.252 e. The first-order chi connectivity index (χ1) is 13.0. The summed E-state index contributed by atoms with van der Waals surface area (Å²) in [6, 6.07) is 0. The fourth-order valence-corrected chi connectivity index (χ4v) is 4.05. The normalized spacial score (nSPS) is 23.1. The Labute approximate surface area is 160 Å². The number of likely N-dealkylation sites (tertiary alicyclic amines) is 1. The predicted octanol–water partition coefficient (Wildman–Crippen LogP) is 3.87. The summed E-state index contributed by atoms with van der Waals surface area (Å²) in [4.78, 5) is 11.6. The van der Waals surface area contributed by atoms with Gasteiger partial charge in [0.15, 0.2) is 0 Å². The molecule has 5 heteroatoms. The van der Waals surface area contributed by atoms with Crippen LogP contribution in [0.4, 0.5) is 0 Å². The molecule has 0 spiro atoms. The number of aryl methyl sites for hydroxylation is 3. The number of allylic oxidation sites excluding steroid dienone is 7. The van der Waals surface area contributed by atoms with E-state index in [9.17, 15) is 0 Å². The van der Waals surface area contributed by atoms with E-state index in [1.807, 2.05) is 11.4 Å². The van der Waals surface area contributed by atoms with Gasteiger partial charge in [0.05, 0.1) is 0 Å². The molecule has 5 nitrogen and oxygen atoms in total. The summed E-state index contributed by atoms with van der Waals surface area (Å²) in [6.45, 7) is 10.5. The number of fused-ring (bicyclic) bond motifs is 1. The molecule has 1 aliphatic carbocycles. The summed E-state index contributed by atoms with van der Waals surface area (Å²) in [5.41, 5.74) is 6.15. The van der Waals surface area contributed by atoms with Crippen molar-refractivity contribution < 1.29 is 0 Å². The van der Waals surface area contributed by atoms with E-state index in [0.717, 1.165) is 31.0 Å². The Morgan fingerprint density at radius 3 is 2.70 bits per heavy atom. The Balaban J connectivity index is 1.51. The molecule has 2 aromatic heterocycles. The van der Waals surface area contributed by atoms with Gasteiger partial charge in [0, 0.05) is 30.2 Å². The van der Waals surface area contributed by atoms with Crippen LogP contribution in [0.1, 0.15) is 36.1 Å². The summed E-state index contributed by atoms with van der Waals surface area (Å²) in [6.07, 6.45) is 15.3. The van der Waals surface area contributed by atoms with Crippen molar-refractivity contribution in [2.45, 2.75) is 40.5 Å². The number of hydrogen-bond donors (Lipinski definition) is 0. The van der Waals surface area contributed by atoms with Crippen LogP contribution in [0.25, 0.3) is 5.78 Å². The largest absolute Gasteiger partial charge is 0.371 e. The molecule has 0 amide bonds. The first-order valence-electron chi connectivity index (χ1n) is 9.69. The van der Waals surface area contributed by atoms with E-state index in [1.165, 1.54) is 28.9 Å². The Hall–Kier alpha value is -2.69. The van der Waals surface area contributed by atoms with Gasteiger partial charge in [-0.2, -0.15) is 10.1 Å². The zero-order valence-electron chi connectivity index (χ0n) is 16.6. The molecular formula is C22H27N5. The van der Waals surface area contributed by atoms with E-state index < -0.39 is 0 Å². The lowest BCUT2D eigenvalue weighted by Crippen LogP contribution is -2.20. The quantitative estimate of drug-likeness (QED) is 0.833. The summed E-state index contributed by atoms with van der Waals surface area (Å²) in [7, 11) is 0. The molecule has 1 atom stereocenters. The molecule has 1 saturated heterocycles. The Morgan fingerprint density at radius 2 is 1.85 bits per heavy atom. The minimum Gasteiger partial charge on any atom is -0.371 e. The highest BCUT2D eigenvalue weighted by Gasteiger charge is 2.25. The van der Waals surface area contributed by atoms with Crippen molar-refractivity contribution in [2.24, 2.45) is 5.92 Å². The van der Waals surface area contributed by atoms with E-state index >= 15 is 0 Å². The van der Waals surface area contributed by atoms with Crippen LogP contribution < -0.4 is 0 Å². The Morgan fingerprint density at radius 1 is 1.04 bits per heavy atom. The smallest absolute Gasteiger partial charge is 0.252 e. The fourth-order valence-electron chi connectivity index (χ4n) is 4.05. The SMILES string of the molecule is CC1=C/C=C\C(N2CCC(Cc3c(C)nc4nc(C)nn4c3C)C2)=C/C=C1. The number of aromatic nitrogens is 4. The minimum absolute atomic E-state index is 0.632. The van der Waals surface area contributed by atoms with Crippen LogP contribution >= 0.6 is 0 Å². The van der Waals surface area contributed by atoms with E-state index in [0.29, 0.717) is 11.7 Å². The van der Waals surface area contributed by atoms with Gasteiger partial charge in [0.25, 0.3) is 5.78 Å². The van der Waals surface area contributed by atoms with Gasteiger partial charge >= 0.3 is 0 Å². The number of nitrogens with zero attached hydrogens (tertiary/aromatic N) is 5. The molecule has 1 aliphatic heterocycles. The summed E-state index contributed by atoms with van der Waals surface area (Å²) in [5, 5.41) is 4.50. The second-order valence-corrected chi connectivity index (χ2v) is 7.66. The van der Waals surface area contributed by atoms with Crippen LogP contribution in [0.3, 0.4) is 0 Å². The molecule has 1 unspecified atom stereocenters. The van der Waals surface area contributed by atoms with Crippen molar-refractivity contribution in [3.05, 3.63) is 70.5 Å². The van der Waals surface area contributed by atoms with Gasteiger partial charge in [0.1, 0.15) is 5.82 Å².